The molecule has 8 heteroatoms. The van der Waals surface area contributed by atoms with E-state index in [0.717, 1.165) is 15.7 Å². The molecular formula is C18H16ClN3O2S2. The zero-order valence-corrected chi connectivity index (χ0v) is 16.1. The van der Waals surface area contributed by atoms with Crippen molar-refractivity contribution in [1.29, 1.82) is 0 Å². The van der Waals surface area contributed by atoms with E-state index >= 15 is 0 Å². The van der Waals surface area contributed by atoms with Crippen molar-refractivity contribution >= 4 is 46.3 Å². The van der Waals surface area contributed by atoms with Gasteiger partial charge < -0.3 is 10.1 Å². The van der Waals surface area contributed by atoms with Crippen LogP contribution >= 0.6 is 34.7 Å². The van der Waals surface area contributed by atoms with Crippen LogP contribution in [0.25, 0.3) is 0 Å². The number of carbonyl (C=O) groups excluding carboxylic acids is 1. The van der Waals surface area contributed by atoms with Gasteiger partial charge in [-0.1, -0.05) is 65.0 Å². The van der Waals surface area contributed by atoms with Crippen molar-refractivity contribution in [2.75, 3.05) is 18.5 Å². The second-order valence-corrected chi connectivity index (χ2v) is 7.82. The Morgan fingerprint density at radius 3 is 2.81 bits per heavy atom. The Morgan fingerprint density at radius 1 is 1.23 bits per heavy atom. The Morgan fingerprint density at radius 2 is 2.08 bits per heavy atom. The van der Waals surface area contributed by atoms with E-state index in [0.29, 0.717) is 17.3 Å². The smallest absolute Gasteiger partial charge is 0.250 e. The lowest BCUT2D eigenvalue weighted by atomic mass is 10.2. The number of ether oxygens (including phenoxy) is 1. The van der Waals surface area contributed by atoms with Gasteiger partial charge in [-0.2, -0.15) is 0 Å². The van der Waals surface area contributed by atoms with E-state index in [1.165, 1.54) is 28.7 Å². The molecule has 26 heavy (non-hydrogen) atoms. The van der Waals surface area contributed by atoms with Crippen molar-refractivity contribution in [2.24, 2.45) is 0 Å². The molecule has 1 heterocycles. The number of aromatic nitrogens is 2. The maximum Gasteiger partial charge on any atom is 0.250 e. The second-order valence-electron chi connectivity index (χ2n) is 5.29. The molecule has 0 unspecified atom stereocenters. The third kappa shape index (κ3) is 5.81. The van der Waals surface area contributed by atoms with E-state index in [9.17, 15) is 4.79 Å². The molecule has 0 radical (unpaired) electrons. The van der Waals surface area contributed by atoms with E-state index in [1.807, 2.05) is 36.4 Å². The highest BCUT2D eigenvalue weighted by Crippen LogP contribution is 2.35. The van der Waals surface area contributed by atoms with Crippen LogP contribution in [0.4, 0.5) is 5.69 Å². The fraction of sp³-hybridized carbons (Fsp3) is 0.167. The highest BCUT2D eigenvalue weighted by atomic mass is 35.5. The van der Waals surface area contributed by atoms with Crippen molar-refractivity contribution in [3.63, 3.8) is 0 Å². The second kappa shape index (κ2) is 9.68. The average Bonchev–Trinajstić information content (AvgIpc) is 3.15. The van der Waals surface area contributed by atoms with Crippen molar-refractivity contribution in [1.82, 2.24) is 10.2 Å². The van der Waals surface area contributed by atoms with Crippen LogP contribution in [0.3, 0.4) is 0 Å². The first kappa shape index (κ1) is 18.8. The molecule has 0 aliphatic rings. The fourth-order valence-electron chi connectivity index (χ4n) is 2.16. The van der Waals surface area contributed by atoms with Gasteiger partial charge in [-0.15, -0.1) is 10.2 Å². The number of halogens is 1. The molecule has 0 spiro atoms. The van der Waals surface area contributed by atoms with Gasteiger partial charge in [0, 0.05) is 10.6 Å². The van der Waals surface area contributed by atoms with Gasteiger partial charge in [0.2, 0.25) is 5.91 Å². The molecule has 134 valence electrons. The standard InChI is InChI=1S/C18H16ClN3O2S2/c19-15-10-14(6-7-16(15)26-18-22-20-12-25-18)21-17(23)11-24-9-8-13-4-2-1-3-5-13/h1-7,10,12H,8-9,11H2,(H,21,23). The zero-order chi connectivity index (χ0) is 18.2. The monoisotopic (exact) mass is 405 g/mol. The van der Waals surface area contributed by atoms with Crippen LogP contribution in [-0.2, 0) is 16.0 Å². The van der Waals surface area contributed by atoms with Crippen LogP contribution in [0.1, 0.15) is 5.56 Å². The van der Waals surface area contributed by atoms with E-state index in [2.05, 4.69) is 15.5 Å². The fourth-order valence-corrected chi connectivity index (χ4v) is 3.89. The summed E-state index contributed by atoms with van der Waals surface area (Å²) in [6.45, 7) is 0.501. The average molecular weight is 406 g/mol. The molecule has 0 aliphatic heterocycles. The summed E-state index contributed by atoms with van der Waals surface area (Å²) >= 11 is 9.16. The van der Waals surface area contributed by atoms with Gasteiger partial charge in [0.25, 0.3) is 0 Å². The number of carbonyl (C=O) groups is 1. The quantitative estimate of drug-likeness (QED) is 0.557. The van der Waals surface area contributed by atoms with Crippen molar-refractivity contribution in [2.45, 2.75) is 15.7 Å². The number of hydrogen-bond donors (Lipinski definition) is 1. The molecule has 0 fully saturated rings. The van der Waals surface area contributed by atoms with Crippen LogP contribution in [0.15, 0.2) is 63.3 Å². The number of nitrogens with one attached hydrogen (secondary N) is 1. The van der Waals surface area contributed by atoms with Gasteiger partial charge >= 0.3 is 0 Å². The van der Waals surface area contributed by atoms with Crippen LogP contribution in [0.2, 0.25) is 5.02 Å². The highest BCUT2D eigenvalue weighted by molar-refractivity contribution is 8.01. The molecule has 0 bridgehead atoms. The predicted octanol–water partition coefficient (Wildman–Crippen LogP) is 4.54. The first-order chi connectivity index (χ1) is 12.7. The summed E-state index contributed by atoms with van der Waals surface area (Å²) in [5, 5.41) is 11.1. The molecule has 3 rings (SSSR count). The molecule has 2 aromatic carbocycles. The molecular weight excluding hydrogens is 390 g/mol. The lowest BCUT2D eigenvalue weighted by molar-refractivity contribution is -0.120. The molecule has 1 amide bonds. The zero-order valence-electron chi connectivity index (χ0n) is 13.7. The molecule has 0 atom stereocenters. The number of amides is 1. The summed E-state index contributed by atoms with van der Waals surface area (Å²) in [6.07, 6.45) is 0.775. The normalized spacial score (nSPS) is 10.7. The number of nitrogens with zero attached hydrogens (tertiary/aromatic N) is 2. The molecule has 1 aromatic heterocycles. The molecule has 0 saturated heterocycles. The minimum atomic E-state index is -0.210. The molecule has 1 N–H and O–H groups in total. The Labute approximate surface area is 164 Å². The highest BCUT2D eigenvalue weighted by Gasteiger charge is 2.08. The molecule has 3 aromatic rings. The molecule has 0 aliphatic carbocycles. The van der Waals surface area contributed by atoms with Crippen LogP contribution < -0.4 is 5.32 Å². The van der Waals surface area contributed by atoms with Crippen LogP contribution in [-0.4, -0.2) is 29.3 Å². The summed E-state index contributed by atoms with van der Waals surface area (Å²) in [6, 6.07) is 15.4. The van der Waals surface area contributed by atoms with Crippen LogP contribution in [0, 0.1) is 0 Å². The Hall–Kier alpha value is -1.93. The van der Waals surface area contributed by atoms with Gasteiger partial charge in [-0.25, -0.2) is 0 Å². The third-order valence-electron chi connectivity index (χ3n) is 3.36. The van der Waals surface area contributed by atoms with E-state index in [-0.39, 0.29) is 12.5 Å². The van der Waals surface area contributed by atoms with E-state index < -0.39 is 0 Å². The number of hydrogen-bond acceptors (Lipinski definition) is 6. The summed E-state index contributed by atoms with van der Waals surface area (Å²) in [7, 11) is 0. The van der Waals surface area contributed by atoms with E-state index in [1.54, 1.807) is 17.6 Å². The maximum atomic E-state index is 12.0. The molecule has 5 nitrogen and oxygen atoms in total. The summed E-state index contributed by atoms with van der Waals surface area (Å²) in [4.78, 5) is 12.8. The lowest BCUT2D eigenvalue weighted by Crippen LogP contribution is -2.19. The molecule has 0 saturated carbocycles. The summed E-state index contributed by atoms with van der Waals surface area (Å²) < 4.78 is 6.25. The van der Waals surface area contributed by atoms with Gasteiger partial charge in [0.15, 0.2) is 4.34 Å². The first-order valence-electron chi connectivity index (χ1n) is 7.86. The van der Waals surface area contributed by atoms with Crippen LogP contribution in [0.5, 0.6) is 0 Å². The summed E-state index contributed by atoms with van der Waals surface area (Å²) in [5.74, 6) is -0.210. The van der Waals surface area contributed by atoms with Crippen molar-refractivity contribution < 1.29 is 9.53 Å². The van der Waals surface area contributed by atoms with Gasteiger partial charge in [0.05, 0.1) is 11.6 Å². The number of rotatable bonds is 8. The largest absolute Gasteiger partial charge is 0.371 e. The maximum absolute atomic E-state index is 12.0. The SMILES string of the molecule is O=C(COCCc1ccccc1)Nc1ccc(Sc2nncs2)c(Cl)c1. The minimum Gasteiger partial charge on any atom is -0.371 e. The predicted molar refractivity (Wildman–Crippen MR) is 105 cm³/mol. The minimum absolute atomic E-state index is 0.00569. The van der Waals surface area contributed by atoms with Crippen molar-refractivity contribution in [3.05, 3.63) is 64.6 Å². The Bertz CT molecular complexity index is 845. The van der Waals surface area contributed by atoms with E-state index in [4.69, 9.17) is 16.3 Å². The Kier molecular flexibility index (Phi) is 7.02. The van der Waals surface area contributed by atoms with Gasteiger partial charge in [0.1, 0.15) is 12.1 Å². The topological polar surface area (TPSA) is 64.1 Å². The van der Waals surface area contributed by atoms with Gasteiger partial charge in [-0.3, -0.25) is 4.79 Å². The van der Waals surface area contributed by atoms with Crippen molar-refractivity contribution in [3.8, 4) is 0 Å². The number of anilines is 1. The summed E-state index contributed by atoms with van der Waals surface area (Å²) in [5.41, 5.74) is 3.49. The first-order valence-corrected chi connectivity index (χ1v) is 9.93. The third-order valence-corrected chi connectivity index (χ3v) is 5.64. The Balaban J connectivity index is 1.44. The van der Waals surface area contributed by atoms with Gasteiger partial charge in [-0.05, 0) is 30.2 Å². The number of benzene rings is 2. The lowest BCUT2D eigenvalue weighted by Gasteiger charge is -2.08.